The summed E-state index contributed by atoms with van der Waals surface area (Å²) in [6.07, 6.45) is -4.24. The van der Waals surface area contributed by atoms with Crippen molar-refractivity contribution in [1.29, 1.82) is 0 Å². The average Bonchev–Trinajstić information content (AvgIpc) is 2.40. The molecule has 1 aromatic rings. The van der Waals surface area contributed by atoms with Crippen molar-refractivity contribution in [3.05, 3.63) is 33.1 Å². The lowest BCUT2D eigenvalue weighted by Crippen LogP contribution is -2.51. The molecule has 0 radical (unpaired) electrons. The van der Waals surface area contributed by atoms with Gasteiger partial charge in [-0.2, -0.15) is 13.2 Å². The lowest BCUT2D eigenvalue weighted by atomic mass is 10.1. The first kappa shape index (κ1) is 16.5. The van der Waals surface area contributed by atoms with E-state index in [1.54, 1.807) is 6.07 Å². The van der Waals surface area contributed by atoms with E-state index in [0.29, 0.717) is 0 Å². The fourth-order valence-electron chi connectivity index (χ4n) is 2.19. The lowest BCUT2D eigenvalue weighted by molar-refractivity contribution is -0.148. The Morgan fingerprint density at radius 3 is 2.38 bits per heavy atom. The largest absolute Gasteiger partial charge is 0.401 e. The number of carbonyl (C=O) groups excluding carboxylic acids is 1. The first-order chi connectivity index (χ1) is 9.76. The third kappa shape index (κ3) is 4.53. The zero-order valence-electron chi connectivity index (χ0n) is 11.0. The molecule has 1 aromatic carbocycles. The minimum atomic E-state index is -4.24. The standard InChI is InChI=1S/C13H13F4IN2O/c14-11-2-1-9(18)7-10(11)12(21)20-5-3-19(4-6-20)8-13(15,16)17/h1-2,7H,3-6,8H2. The van der Waals surface area contributed by atoms with Gasteiger partial charge in [0, 0.05) is 29.7 Å². The van der Waals surface area contributed by atoms with Gasteiger partial charge >= 0.3 is 6.18 Å². The number of benzene rings is 1. The van der Waals surface area contributed by atoms with Gasteiger partial charge < -0.3 is 4.90 Å². The molecule has 0 unspecified atom stereocenters. The molecule has 1 aliphatic heterocycles. The minimum Gasteiger partial charge on any atom is -0.336 e. The first-order valence-corrected chi connectivity index (χ1v) is 7.37. The van der Waals surface area contributed by atoms with Crippen LogP contribution in [-0.4, -0.2) is 54.6 Å². The Kier molecular flexibility index (Phi) is 5.07. The van der Waals surface area contributed by atoms with E-state index in [-0.39, 0.29) is 31.7 Å². The number of piperazine rings is 1. The maximum Gasteiger partial charge on any atom is 0.401 e. The van der Waals surface area contributed by atoms with Crippen LogP contribution in [0.25, 0.3) is 0 Å². The smallest absolute Gasteiger partial charge is 0.336 e. The molecule has 1 aliphatic rings. The molecule has 1 fully saturated rings. The van der Waals surface area contributed by atoms with Crippen LogP contribution in [0.1, 0.15) is 10.4 Å². The van der Waals surface area contributed by atoms with Gasteiger partial charge in [-0.25, -0.2) is 4.39 Å². The molecule has 116 valence electrons. The van der Waals surface area contributed by atoms with Gasteiger partial charge in [0.15, 0.2) is 0 Å². The summed E-state index contributed by atoms with van der Waals surface area (Å²) in [6, 6.07) is 4.21. The fraction of sp³-hybridized carbons (Fsp3) is 0.462. The van der Waals surface area contributed by atoms with E-state index in [1.165, 1.54) is 21.9 Å². The Labute approximate surface area is 133 Å². The third-order valence-corrected chi connectivity index (χ3v) is 3.89. The summed E-state index contributed by atoms with van der Waals surface area (Å²) in [5.74, 6) is -1.09. The number of halogens is 5. The summed E-state index contributed by atoms with van der Waals surface area (Å²) in [5, 5.41) is 0. The van der Waals surface area contributed by atoms with E-state index in [2.05, 4.69) is 0 Å². The van der Waals surface area contributed by atoms with Crippen LogP contribution in [0.4, 0.5) is 17.6 Å². The molecular formula is C13H13F4IN2O. The molecule has 0 N–H and O–H groups in total. The Bertz CT molecular complexity index is 527. The average molecular weight is 416 g/mol. The number of rotatable bonds is 2. The molecule has 3 nitrogen and oxygen atoms in total. The number of amides is 1. The van der Waals surface area contributed by atoms with Crippen molar-refractivity contribution >= 4 is 28.5 Å². The predicted octanol–water partition coefficient (Wildman–Crippen LogP) is 2.75. The SMILES string of the molecule is O=C(c1cc(I)ccc1F)N1CCN(CC(F)(F)F)CC1. The molecule has 2 rings (SSSR count). The molecule has 0 spiro atoms. The van der Waals surface area contributed by atoms with Crippen LogP contribution in [-0.2, 0) is 0 Å². The van der Waals surface area contributed by atoms with Gasteiger partial charge in [-0.05, 0) is 40.8 Å². The maximum atomic E-state index is 13.7. The Morgan fingerprint density at radius 1 is 1.19 bits per heavy atom. The molecule has 0 aromatic heterocycles. The quantitative estimate of drug-likeness (QED) is 0.547. The Morgan fingerprint density at radius 2 is 1.81 bits per heavy atom. The second-order valence-corrected chi connectivity index (χ2v) is 6.05. The topological polar surface area (TPSA) is 23.6 Å². The number of carbonyl (C=O) groups is 1. The second kappa shape index (κ2) is 6.47. The van der Waals surface area contributed by atoms with Gasteiger partial charge in [0.1, 0.15) is 5.82 Å². The molecule has 21 heavy (non-hydrogen) atoms. The van der Waals surface area contributed by atoms with E-state index in [4.69, 9.17) is 0 Å². The van der Waals surface area contributed by atoms with Gasteiger partial charge in [-0.15, -0.1) is 0 Å². The summed E-state index contributed by atoms with van der Waals surface area (Å²) >= 11 is 1.97. The van der Waals surface area contributed by atoms with Gasteiger partial charge in [0.25, 0.3) is 5.91 Å². The van der Waals surface area contributed by atoms with Gasteiger partial charge in [-0.3, -0.25) is 9.69 Å². The molecular weight excluding hydrogens is 403 g/mol. The van der Waals surface area contributed by atoms with Crippen molar-refractivity contribution < 1.29 is 22.4 Å². The van der Waals surface area contributed by atoms with Crippen LogP contribution in [0, 0.1) is 9.39 Å². The predicted molar refractivity (Wildman–Crippen MR) is 77.5 cm³/mol. The summed E-state index contributed by atoms with van der Waals surface area (Å²) < 4.78 is 51.3. The molecule has 8 heteroatoms. The zero-order chi connectivity index (χ0) is 15.6. The van der Waals surface area contributed by atoms with E-state index >= 15 is 0 Å². The molecule has 0 atom stereocenters. The fourth-order valence-corrected chi connectivity index (χ4v) is 2.69. The van der Waals surface area contributed by atoms with Crippen molar-refractivity contribution in [3.8, 4) is 0 Å². The maximum absolute atomic E-state index is 13.7. The molecule has 0 bridgehead atoms. The normalized spacial score (nSPS) is 17.1. The second-order valence-electron chi connectivity index (χ2n) is 4.81. The van der Waals surface area contributed by atoms with E-state index < -0.39 is 24.4 Å². The summed E-state index contributed by atoms with van der Waals surface area (Å²) in [4.78, 5) is 14.8. The van der Waals surface area contributed by atoms with Crippen molar-refractivity contribution in [2.75, 3.05) is 32.7 Å². The van der Waals surface area contributed by atoms with Crippen molar-refractivity contribution in [3.63, 3.8) is 0 Å². The van der Waals surface area contributed by atoms with Crippen LogP contribution in [0.2, 0.25) is 0 Å². The monoisotopic (exact) mass is 416 g/mol. The highest BCUT2D eigenvalue weighted by molar-refractivity contribution is 14.1. The van der Waals surface area contributed by atoms with Crippen molar-refractivity contribution in [2.45, 2.75) is 6.18 Å². The molecule has 1 saturated heterocycles. The number of hydrogen-bond donors (Lipinski definition) is 0. The summed E-state index contributed by atoms with van der Waals surface area (Å²) in [5.41, 5.74) is -0.0360. The summed E-state index contributed by atoms with van der Waals surface area (Å²) in [7, 11) is 0. The highest BCUT2D eigenvalue weighted by atomic mass is 127. The van der Waals surface area contributed by atoms with E-state index in [0.717, 1.165) is 3.57 Å². The van der Waals surface area contributed by atoms with Gasteiger partial charge in [0.05, 0.1) is 12.1 Å². The summed E-state index contributed by atoms with van der Waals surface area (Å²) in [6.45, 7) is -0.375. The Hall–Kier alpha value is -0.900. The van der Waals surface area contributed by atoms with Crippen LogP contribution >= 0.6 is 22.6 Å². The lowest BCUT2D eigenvalue weighted by Gasteiger charge is -2.35. The highest BCUT2D eigenvalue weighted by Gasteiger charge is 2.33. The van der Waals surface area contributed by atoms with Crippen LogP contribution in [0.3, 0.4) is 0 Å². The molecule has 0 aliphatic carbocycles. The number of hydrogen-bond acceptors (Lipinski definition) is 2. The number of nitrogens with zero attached hydrogens (tertiary/aromatic N) is 2. The van der Waals surface area contributed by atoms with Gasteiger partial charge in [0.2, 0.25) is 0 Å². The van der Waals surface area contributed by atoms with Crippen LogP contribution < -0.4 is 0 Å². The highest BCUT2D eigenvalue weighted by Crippen LogP contribution is 2.19. The Balaban J connectivity index is 1.99. The minimum absolute atomic E-state index is 0.0360. The first-order valence-electron chi connectivity index (χ1n) is 6.30. The van der Waals surface area contributed by atoms with Crippen LogP contribution in [0.5, 0.6) is 0 Å². The van der Waals surface area contributed by atoms with Crippen LogP contribution in [0.15, 0.2) is 18.2 Å². The molecule has 0 saturated carbocycles. The van der Waals surface area contributed by atoms with Crippen molar-refractivity contribution in [2.24, 2.45) is 0 Å². The number of alkyl halides is 3. The van der Waals surface area contributed by atoms with Gasteiger partial charge in [-0.1, -0.05) is 0 Å². The zero-order valence-corrected chi connectivity index (χ0v) is 13.1. The molecule has 1 heterocycles. The van der Waals surface area contributed by atoms with Crippen molar-refractivity contribution in [1.82, 2.24) is 9.80 Å². The van der Waals surface area contributed by atoms with E-state index in [9.17, 15) is 22.4 Å². The molecule has 1 amide bonds. The van der Waals surface area contributed by atoms with E-state index in [1.807, 2.05) is 22.6 Å². The third-order valence-electron chi connectivity index (χ3n) is 3.22.